The Hall–Kier alpha value is -2.64. The summed E-state index contributed by atoms with van der Waals surface area (Å²) < 4.78 is 11.4. The summed E-state index contributed by atoms with van der Waals surface area (Å²) in [6.07, 6.45) is 1.59. The molecule has 0 atom stereocenters. The van der Waals surface area contributed by atoms with Gasteiger partial charge in [-0.2, -0.15) is 0 Å². The van der Waals surface area contributed by atoms with Crippen LogP contribution in [0.2, 0.25) is 15.1 Å². The molecule has 1 aliphatic heterocycles. The maximum atomic E-state index is 12.8. The number of ether oxygens (including phenoxy) is 2. The second kappa shape index (κ2) is 11.2. The maximum Gasteiger partial charge on any atom is 0.293 e. The lowest BCUT2D eigenvalue weighted by Gasteiger charge is -2.13. The molecular formula is C25H18Cl3NO4S. The minimum Gasteiger partial charge on any atom is -0.492 e. The Kier molecular flexibility index (Phi) is 8.06. The molecule has 1 saturated heterocycles. The summed E-state index contributed by atoms with van der Waals surface area (Å²) in [7, 11) is 0. The van der Waals surface area contributed by atoms with Crippen molar-refractivity contribution in [1.82, 2.24) is 4.90 Å². The highest BCUT2D eigenvalue weighted by Crippen LogP contribution is 2.37. The molecule has 9 heteroatoms. The van der Waals surface area contributed by atoms with E-state index in [0.717, 1.165) is 22.2 Å². The van der Waals surface area contributed by atoms with Gasteiger partial charge in [0.15, 0.2) is 5.75 Å². The van der Waals surface area contributed by atoms with Crippen molar-refractivity contribution in [1.29, 1.82) is 0 Å². The van der Waals surface area contributed by atoms with E-state index in [4.69, 9.17) is 44.3 Å². The second-order valence-corrected chi connectivity index (χ2v) is 9.47. The fourth-order valence-corrected chi connectivity index (χ4v) is 4.76. The zero-order chi connectivity index (χ0) is 24.1. The molecule has 0 N–H and O–H groups in total. The number of carbonyl (C=O) groups is 2. The van der Waals surface area contributed by atoms with Crippen molar-refractivity contribution in [3.8, 4) is 11.5 Å². The first-order chi connectivity index (χ1) is 16.4. The van der Waals surface area contributed by atoms with Crippen LogP contribution in [-0.4, -0.2) is 29.2 Å². The highest BCUT2D eigenvalue weighted by Gasteiger charge is 2.34. The van der Waals surface area contributed by atoms with Crippen molar-refractivity contribution < 1.29 is 19.1 Å². The minimum atomic E-state index is -0.397. The van der Waals surface area contributed by atoms with Crippen LogP contribution in [-0.2, 0) is 11.4 Å². The van der Waals surface area contributed by atoms with Gasteiger partial charge in [0.2, 0.25) is 0 Å². The van der Waals surface area contributed by atoms with Crippen molar-refractivity contribution >= 4 is 63.8 Å². The Morgan fingerprint density at radius 3 is 2.24 bits per heavy atom. The van der Waals surface area contributed by atoms with Crippen molar-refractivity contribution in [3.63, 3.8) is 0 Å². The Morgan fingerprint density at radius 2 is 1.56 bits per heavy atom. The average molecular weight is 535 g/mol. The van der Waals surface area contributed by atoms with Gasteiger partial charge in [-0.3, -0.25) is 14.5 Å². The van der Waals surface area contributed by atoms with Crippen LogP contribution in [0, 0.1) is 0 Å². The van der Waals surface area contributed by atoms with E-state index in [0.29, 0.717) is 38.7 Å². The molecule has 0 spiro atoms. The number of hydrogen-bond acceptors (Lipinski definition) is 5. The van der Waals surface area contributed by atoms with Crippen LogP contribution < -0.4 is 9.47 Å². The predicted molar refractivity (Wildman–Crippen MR) is 137 cm³/mol. The van der Waals surface area contributed by atoms with E-state index in [1.54, 1.807) is 42.5 Å². The van der Waals surface area contributed by atoms with Crippen LogP contribution in [0.3, 0.4) is 0 Å². The van der Waals surface area contributed by atoms with Gasteiger partial charge in [0.1, 0.15) is 19.0 Å². The van der Waals surface area contributed by atoms with E-state index < -0.39 is 5.91 Å². The summed E-state index contributed by atoms with van der Waals surface area (Å²) in [6, 6.07) is 19.8. The van der Waals surface area contributed by atoms with Crippen molar-refractivity contribution in [3.05, 3.63) is 97.8 Å². The topological polar surface area (TPSA) is 55.8 Å². The molecule has 1 heterocycles. The Bertz CT molecular complexity index is 1210. The quantitative estimate of drug-likeness (QED) is 0.283. The summed E-state index contributed by atoms with van der Waals surface area (Å²) in [5.74, 6) is 0.564. The Morgan fingerprint density at radius 1 is 0.882 bits per heavy atom. The molecule has 3 aromatic rings. The molecule has 0 saturated carbocycles. The van der Waals surface area contributed by atoms with Crippen LogP contribution in [0.4, 0.5) is 4.79 Å². The number of carbonyl (C=O) groups excluding carboxylic acids is 2. The summed E-state index contributed by atoms with van der Waals surface area (Å²) in [5, 5.41) is 0.853. The first-order valence-corrected chi connectivity index (χ1v) is 12.2. The molecule has 0 radical (unpaired) electrons. The molecule has 174 valence electrons. The largest absolute Gasteiger partial charge is 0.492 e. The van der Waals surface area contributed by atoms with E-state index in [1.165, 1.54) is 0 Å². The van der Waals surface area contributed by atoms with Crippen molar-refractivity contribution in [2.75, 3.05) is 13.2 Å². The maximum absolute atomic E-state index is 12.8. The monoisotopic (exact) mass is 533 g/mol. The molecule has 1 fully saturated rings. The fourth-order valence-electron chi connectivity index (χ4n) is 3.16. The Labute approximate surface area is 216 Å². The lowest BCUT2D eigenvalue weighted by atomic mass is 10.2. The minimum absolute atomic E-state index is 0.123. The molecule has 34 heavy (non-hydrogen) atoms. The zero-order valence-corrected chi connectivity index (χ0v) is 20.8. The van der Waals surface area contributed by atoms with Crippen LogP contribution in [0.5, 0.6) is 11.5 Å². The number of halogens is 3. The van der Waals surface area contributed by atoms with Crippen molar-refractivity contribution in [2.24, 2.45) is 0 Å². The number of benzene rings is 3. The number of amides is 2. The number of thioether (sulfide) groups is 1. The smallest absolute Gasteiger partial charge is 0.293 e. The molecule has 3 aromatic carbocycles. The van der Waals surface area contributed by atoms with E-state index >= 15 is 0 Å². The number of imide groups is 1. The third kappa shape index (κ3) is 6.07. The third-order valence-electron chi connectivity index (χ3n) is 4.82. The zero-order valence-electron chi connectivity index (χ0n) is 17.7. The first-order valence-electron chi connectivity index (χ1n) is 10.2. The molecular weight excluding hydrogens is 517 g/mol. The average Bonchev–Trinajstić information content (AvgIpc) is 3.08. The molecule has 5 nitrogen and oxygen atoms in total. The lowest BCUT2D eigenvalue weighted by molar-refractivity contribution is -0.123. The molecule has 0 aromatic heterocycles. The molecule has 0 bridgehead atoms. The predicted octanol–water partition coefficient (Wildman–Crippen LogP) is 7.34. The van der Waals surface area contributed by atoms with Gasteiger partial charge in [0, 0.05) is 5.02 Å². The molecule has 0 unspecified atom stereocenters. The second-order valence-electron chi connectivity index (χ2n) is 7.22. The van der Waals surface area contributed by atoms with Gasteiger partial charge < -0.3 is 9.47 Å². The van der Waals surface area contributed by atoms with Gasteiger partial charge in [0.25, 0.3) is 11.1 Å². The summed E-state index contributed by atoms with van der Waals surface area (Å²) >= 11 is 19.5. The summed E-state index contributed by atoms with van der Waals surface area (Å²) in [4.78, 5) is 26.5. The standard InChI is InChI=1S/C25H18Cl3NO4S/c26-18-6-8-19(9-7-18)32-11-10-29-24(30)22(34-25(29)31)14-17-12-20(27)23(21(28)13-17)33-15-16-4-2-1-3-5-16/h1-9,12-14H,10-11,15H2/b22-14-. The molecule has 2 amide bonds. The van der Waals surface area contributed by atoms with Gasteiger partial charge in [-0.1, -0.05) is 65.1 Å². The first kappa shape index (κ1) is 24.5. The van der Waals surface area contributed by atoms with Gasteiger partial charge in [-0.15, -0.1) is 0 Å². The molecule has 0 aliphatic carbocycles. The number of nitrogens with zero attached hydrogens (tertiary/aromatic N) is 1. The van der Waals surface area contributed by atoms with E-state index in [9.17, 15) is 9.59 Å². The van der Waals surface area contributed by atoms with Crippen LogP contribution in [0.25, 0.3) is 6.08 Å². The summed E-state index contributed by atoms with van der Waals surface area (Å²) in [6.45, 7) is 0.604. The van der Waals surface area contributed by atoms with E-state index in [-0.39, 0.29) is 23.3 Å². The fraction of sp³-hybridized carbons (Fsp3) is 0.120. The van der Waals surface area contributed by atoms with Crippen LogP contribution >= 0.6 is 46.6 Å². The lowest BCUT2D eigenvalue weighted by Crippen LogP contribution is -2.32. The molecule has 4 rings (SSSR count). The van der Waals surface area contributed by atoms with Crippen molar-refractivity contribution in [2.45, 2.75) is 6.61 Å². The summed E-state index contributed by atoms with van der Waals surface area (Å²) in [5.41, 5.74) is 1.57. The van der Waals surface area contributed by atoms with Crippen LogP contribution in [0.1, 0.15) is 11.1 Å². The van der Waals surface area contributed by atoms with Gasteiger partial charge in [-0.25, -0.2) is 0 Å². The normalized spacial score (nSPS) is 14.7. The Balaban J connectivity index is 1.40. The molecule has 1 aliphatic rings. The van der Waals surface area contributed by atoms with Crippen LogP contribution in [0.15, 0.2) is 71.6 Å². The van der Waals surface area contributed by atoms with Gasteiger partial charge in [0.05, 0.1) is 21.5 Å². The highest BCUT2D eigenvalue weighted by molar-refractivity contribution is 8.18. The van der Waals surface area contributed by atoms with E-state index in [2.05, 4.69) is 0 Å². The number of hydrogen-bond donors (Lipinski definition) is 0. The number of rotatable bonds is 8. The van der Waals surface area contributed by atoms with Gasteiger partial charge >= 0.3 is 0 Å². The van der Waals surface area contributed by atoms with E-state index in [1.807, 2.05) is 30.3 Å². The highest BCUT2D eigenvalue weighted by atomic mass is 35.5. The SMILES string of the molecule is O=C1S/C(=C\c2cc(Cl)c(OCc3ccccc3)c(Cl)c2)C(=O)N1CCOc1ccc(Cl)cc1. The van der Waals surface area contributed by atoms with Gasteiger partial charge in [-0.05, 0) is 65.4 Å². The third-order valence-corrected chi connectivity index (χ3v) is 6.54.